The average Bonchev–Trinajstić information content (AvgIpc) is 2.60. The van der Waals surface area contributed by atoms with Gasteiger partial charge in [0.2, 0.25) is 0 Å². The number of carbonyl (C=O) groups is 1. The molecule has 7 nitrogen and oxygen atoms in total. The van der Waals surface area contributed by atoms with Gasteiger partial charge in [-0.3, -0.25) is 4.79 Å². The van der Waals surface area contributed by atoms with E-state index in [1.165, 1.54) is 0 Å². The molecule has 1 aliphatic heterocycles. The molecular weight excluding hydrogens is 334 g/mol. The van der Waals surface area contributed by atoms with Gasteiger partial charge >= 0.3 is 5.69 Å². The smallest absolute Gasteiger partial charge is 0.345 e. The Balaban J connectivity index is 1.57. The minimum atomic E-state index is -0.525. The lowest BCUT2D eigenvalue weighted by Gasteiger charge is -2.26. The number of H-pyrrole nitrogens is 1. The molecule has 1 amide bonds. The summed E-state index contributed by atoms with van der Waals surface area (Å²) in [5.74, 6) is 1.06. The fourth-order valence-corrected chi connectivity index (χ4v) is 2.62. The molecular formula is C19H23N3O4. The van der Waals surface area contributed by atoms with Gasteiger partial charge in [0, 0.05) is 24.1 Å². The van der Waals surface area contributed by atoms with Crippen molar-refractivity contribution in [3.8, 4) is 11.5 Å². The zero-order valence-corrected chi connectivity index (χ0v) is 15.2. The Hall–Kier alpha value is -2.83. The number of ether oxygens (including phenoxy) is 2. The lowest BCUT2D eigenvalue weighted by atomic mass is 9.91. The molecule has 1 aliphatic rings. The fraction of sp³-hybridized carbons (Fsp3) is 0.421. The minimum absolute atomic E-state index is 0.116. The summed E-state index contributed by atoms with van der Waals surface area (Å²) in [7, 11) is 0. The molecule has 0 bridgehead atoms. The van der Waals surface area contributed by atoms with Crippen molar-refractivity contribution in [2.75, 3.05) is 13.2 Å². The number of hydrogen-bond acceptors (Lipinski definition) is 5. The number of rotatable bonds is 4. The number of aromatic amines is 1. The summed E-state index contributed by atoms with van der Waals surface area (Å²) >= 11 is 0. The number of amides is 1. The second kappa shape index (κ2) is 7.19. The SMILES string of the molecule is CC(C)(C)c1cc(C(=O)NCC[C@H]2COc3ccccc3O2)nc(=O)[nH]1. The molecule has 0 saturated heterocycles. The summed E-state index contributed by atoms with van der Waals surface area (Å²) in [5.41, 5.74) is -0.0195. The Kier molecular flexibility index (Phi) is 4.97. The van der Waals surface area contributed by atoms with Crippen LogP contribution in [0.2, 0.25) is 0 Å². The first-order valence-corrected chi connectivity index (χ1v) is 8.61. The molecule has 138 valence electrons. The molecule has 1 aromatic heterocycles. The summed E-state index contributed by atoms with van der Waals surface area (Å²) in [6.07, 6.45) is 0.456. The van der Waals surface area contributed by atoms with E-state index in [9.17, 15) is 9.59 Å². The van der Waals surface area contributed by atoms with E-state index in [0.717, 1.165) is 5.75 Å². The van der Waals surface area contributed by atoms with Gasteiger partial charge in [-0.05, 0) is 18.2 Å². The maximum atomic E-state index is 12.3. The van der Waals surface area contributed by atoms with Crippen molar-refractivity contribution >= 4 is 5.91 Å². The fourth-order valence-electron chi connectivity index (χ4n) is 2.62. The highest BCUT2D eigenvalue weighted by atomic mass is 16.6. The number of fused-ring (bicyclic) bond motifs is 1. The monoisotopic (exact) mass is 357 g/mol. The first-order valence-electron chi connectivity index (χ1n) is 8.61. The third-order valence-corrected chi connectivity index (χ3v) is 4.10. The van der Waals surface area contributed by atoms with Gasteiger partial charge < -0.3 is 19.8 Å². The van der Waals surface area contributed by atoms with Crippen LogP contribution in [-0.2, 0) is 5.41 Å². The topological polar surface area (TPSA) is 93.3 Å². The molecule has 0 unspecified atom stereocenters. The van der Waals surface area contributed by atoms with Gasteiger partial charge in [-0.25, -0.2) is 4.79 Å². The van der Waals surface area contributed by atoms with Crippen LogP contribution in [0.25, 0.3) is 0 Å². The van der Waals surface area contributed by atoms with Crippen molar-refractivity contribution in [3.05, 3.63) is 52.2 Å². The maximum absolute atomic E-state index is 12.3. The van der Waals surface area contributed by atoms with Crippen LogP contribution in [0.1, 0.15) is 43.4 Å². The molecule has 7 heteroatoms. The van der Waals surface area contributed by atoms with Gasteiger partial charge in [0.15, 0.2) is 11.5 Å². The van der Waals surface area contributed by atoms with Crippen molar-refractivity contribution < 1.29 is 14.3 Å². The number of benzene rings is 1. The van der Waals surface area contributed by atoms with Crippen molar-refractivity contribution in [2.24, 2.45) is 0 Å². The quantitative estimate of drug-likeness (QED) is 0.873. The van der Waals surface area contributed by atoms with Crippen molar-refractivity contribution in [1.29, 1.82) is 0 Å². The number of para-hydroxylation sites is 2. The molecule has 0 fully saturated rings. The zero-order valence-electron chi connectivity index (χ0n) is 15.2. The second-order valence-corrected chi connectivity index (χ2v) is 7.28. The summed E-state index contributed by atoms with van der Waals surface area (Å²) in [5, 5.41) is 2.79. The Bertz CT molecular complexity index is 854. The van der Waals surface area contributed by atoms with Gasteiger partial charge in [0.05, 0.1) is 0 Å². The van der Waals surface area contributed by atoms with Crippen LogP contribution in [0.3, 0.4) is 0 Å². The van der Waals surface area contributed by atoms with E-state index < -0.39 is 5.69 Å². The first kappa shape index (κ1) is 18.0. The zero-order chi connectivity index (χ0) is 18.7. The highest BCUT2D eigenvalue weighted by Gasteiger charge is 2.21. The van der Waals surface area contributed by atoms with E-state index in [4.69, 9.17) is 9.47 Å². The molecule has 0 radical (unpaired) electrons. The average molecular weight is 357 g/mol. The Morgan fingerprint density at radius 2 is 2.04 bits per heavy atom. The third-order valence-electron chi connectivity index (χ3n) is 4.10. The van der Waals surface area contributed by atoms with Gasteiger partial charge in [0.1, 0.15) is 18.4 Å². The first-order chi connectivity index (χ1) is 12.3. The largest absolute Gasteiger partial charge is 0.486 e. The van der Waals surface area contributed by atoms with Crippen LogP contribution in [-0.4, -0.2) is 35.1 Å². The van der Waals surface area contributed by atoms with E-state index in [1.54, 1.807) is 6.07 Å². The molecule has 3 rings (SSSR count). The molecule has 0 saturated carbocycles. The summed E-state index contributed by atoms with van der Waals surface area (Å²) in [6, 6.07) is 9.11. The van der Waals surface area contributed by atoms with Crippen molar-refractivity contribution in [2.45, 2.75) is 38.7 Å². The van der Waals surface area contributed by atoms with E-state index in [2.05, 4.69) is 15.3 Å². The number of carbonyl (C=O) groups excluding carboxylic acids is 1. The van der Waals surface area contributed by atoms with E-state index in [-0.39, 0.29) is 23.1 Å². The van der Waals surface area contributed by atoms with Crippen LogP contribution in [0.15, 0.2) is 35.1 Å². The van der Waals surface area contributed by atoms with Crippen molar-refractivity contribution in [1.82, 2.24) is 15.3 Å². The van der Waals surface area contributed by atoms with E-state index >= 15 is 0 Å². The van der Waals surface area contributed by atoms with Gasteiger partial charge in [-0.15, -0.1) is 0 Å². The van der Waals surface area contributed by atoms with Crippen LogP contribution in [0.5, 0.6) is 11.5 Å². The van der Waals surface area contributed by atoms with E-state index in [0.29, 0.717) is 31.0 Å². The number of nitrogens with one attached hydrogen (secondary N) is 2. The maximum Gasteiger partial charge on any atom is 0.345 e. The molecule has 2 N–H and O–H groups in total. The summed E-state index contributed by atoms with van der Waals surface area (Å²) in [4.78, 5) is 30.5. The lowest BCUT2D eigenvalue weighted by Crippen LogP contribution is -2.35. The molecule has 1 atom stereocenters. The molecule has 0 aliphatic carbocycles. The number of aromatic nitrogens is 2. The molecule has 2 aromatic rings. The van der Waals surface area contributed by atoms with Crippen LogP contribution < -0.4 is 20.5 Å². The highest BCUT2D eigenvalue weighted by molar-refractivity contribution is 5.92. The molecule has 1 aromatic carbocycles. The predicted octanol–water partition coefficient (Wildman–Crippen LogP) is 2.03. The second-order valence-electron chi connectivity index (χ2n) is 7.28. The molecule has 2 heterocycles. The Morgan fingerprint density at radius 1 is 1.31 bits per heavy atom. The minimum Gasteiger partial charge on any atom is -0.486 e. The lowest BCUT2D eigenvalue weighted by molar-refractivity contribution is 0.0811. The highest BCUT2D eigenvalue weighted by Crippen LogP contribution is 2.31. The van der Waals surface area contributed by atoms with Crippen LogP contribution in [0, 0.1) is 0 Å². The van der Waals surface area contributed by atoms with Gasteiger partial charge in [-0.2, -0.15) is 4.98 Å². The van der Waals surface area contributed by atoms with Crippen LogP contribution in [0.4, 0.5) is 0 Å². The Morgan fingerprint density at radius 3 is 2.77 bits per heavy atom. The Labute approximate surface area is 151 Å². The van der Waals surface area contributed by atoms with Gasteiger partial charge in [-0.1, -0.05) is 32.9 Å². The third kappa shape index (κ3) is 4.22. The standard InChI is InChI=1S/C19H23N3O4/c1-19(2,3)16-10-13(21-18(24)22-16)17(23)20-9-8-12-11-25-14-6-4-5-7-15(14)26-12/h4-7,10,12H,8-9,11H2,1-3H3,(H,20,23)(H,21,22,24)/t12-/m0/s1. The molecule has 0 spiro atoms. The number of nitrogens with zero attached hydrogens (tertiary/aromatic N) is 1. The van der Waals surface area contributed by atoms with Crippen LogP contribution >= 0.6 is 0 Å². The predicted molar refractivity (Wildman–Crippen MR) is 96.9 cm³/mol. The number of hydrogen-bond donors (Lipinski definition) is 2. The normalized spacial score (nSPS) is 16.2. The molecule has 26 heavy (non-hydrogen) atoms. The van der Waals surface area contributed by atoms with Gasteiger partial charge in [0.25, 0.3) is 5.91 Å². The van der Waals surface area contributed by atoms with Crippen molar-refractivity contribution in [3.63, 3.8) is 0 Å². The van der Waals surface area contributed by atoms with E-state index in [1.807, 2.05) is 45.0 Å². The summed E-state index contributed by atoms with van der Waals surface area (Å²) in [6.45, 7) is 6.70. The summed E-state index contributed by atoms with van der Waals surface area (Å²) < 4.78 is 11.5.